The molecule has 23 heavy (non-hydrogen) atoms. The van der Waals surface area contributed by atoms with Crippen LogP contribution in [-0.4, -0.2) is 19.0 Å². The Hall–Kier alpha value is -2.62. The lowest BCUT2D eigenvalue weighted by atomic mass is 10.0. The third-order valence-electron chi connectivity index (χ3n) is 3.86. The molecule has 4 heteroatoms. The fourth-order valence-corrected chi connectivity index (χ4v) is 2.51. The standard InChI is InChI=1S/C19H21NO3/c1-12-8-9-15(13(2)10-12)11-18(21)20-17-7-5-6-16(14(17)3)19(22)23-4/h5-10H,11H2,1-4H3,(H,20,21). The van der Waals surface area contributed by atoms with Crippen molar-refractivity contribution in [2.75, 3.05) is 12.4 Å². The quantitative estimate of drug-likeness (QED) is 0.878. The van der Waals surface area contributed by atoms with Crippen molar-refractivity contribution in [1.29, 1.82) is 0 Å². The first kappa shape index (κ1) is 16.7. The molecular weight excluding hydrogens is 290 g/mol. The van der Waals surface area contributed by atoms with Crippen LogP contribution in [0.3, 0.4) is 0 Å². The second kappa shape index (κ2) is 7.09. The largest absolute Gasteiger partial charge is 0.465 e. The van der Waals surface area contributed by atoms with Crippen LogP contribution in [0.25, 0.3) is 0 Å². The Morgan fingerprint density at radius 3 is 2.48 bits per heavy atom. The van der Waals surface area contributed by atoms with E-state index >= 15 is 0 Å². The summed E-state index contributed by atoms with van der Waals surface area (Å²) in [6, 6.07) is 11.2. The lowest BCUT2D eigenvalue weighted by Crippen LogP contribution is -2.17. The van der Waals surface area contributed by atoms with Crippen LogP contribution in [0, 0.1) is 20.8 Å². The fraction of sp³-hybridized carbons (Fsp3) is 0.263. The molecule has 120 valence electrons. The zero-order valence-electron chi connectivity index (χ0n) is 13.9. The van der Waals surface area contributed by atoms with Gasteiger partial charge in [-0.1, -0.05) is 29.8 Å². The van der Waals surface area contributed by atoms with Crippen LogP contribution in [0.15, 0.2) is 36.4 Å². The summed E-state index contributed by atoms with van der Waals surface area (Å²) in [5.74, 6) is -0.518. The maximum Gasteiger partial charge on any atom is 0.338 e. The molecule has 0 saturated heterocycles. The molecule has 4 nitrogen and oxygen atoms in total. The molecule has 1 amide bonds. The summed E-state index contributed by atoms with van der Waals surface area (Å²) in [5.41, 5.74) is 5.05. The van der Waals surface area contributed by atoms with Crippen LogP contribution in [0.5, 0.6) is 0 Å². The van der Waals surface area contributed by atoms with E-state index in [0.29, 0.717) is 23.2 Å². The van der Waals surface area contributed by atoms with Crippen LogP contribution in [0.1, 0.15) is 32.6 Å². The molecule has 2 rings (SSSR count). The fourth-order valence-electron chi connectivity index (χ4n) is 2.51. The third-order valence-corrected chi connectivity index (χ3v) is 3.86. The van der Waals surface area contributed by atoms with Crippen molar-refractivity contribution < 1.29 is 14.3 Å². The number of anilines is 1. The average molecular weight is 311 g/mol. The monoisotopic (exact) mass is 311 g/mol. The second-order valence-electron chi connectivity index (χ2n) is 5.62. The first-order chi connectivity index (χ1) is 10.9. The van der Waals surface area contributed by atoms with Gasteiger partial charge in [-0.05, 0) is 49.6 Å². The van der Waals surface area contributed by atoms with E-state index in [1.165, 1.54) is 12.7 Å². The minimum atomic E-state index is -0.409. The van der Waals surface area contributed by atoms with Crippen LogP contribution < -0.4 is 5.32 Å². The molecule has 0 fully saturated rings. The summed E-state index contributed by atoms with van der Waals surface area (Å²) in [6.07, 6.45) is 0.300. The molecule has 0 radical (unpaired) electrons. The van der Waals surface area contributed by atoms with E-state index in [1.54, 1.807) is 25.1 Å². The van der Waals surface area contributed by atoms with E-state index in [-0.39, 0.29) is 5.91 Å². The van der Waals surface area contributed by atoms with E-state index < -0.39 is 5.97 Å². The highest BCUT2D eigenvalue weighted by Gasteiger charge is 2.14. The Kier molecular flexibility index (Phi) is 5.16. The Morgan fingerprint density at radius 1 is 1.09 bits per heavy atom. The van der Waals surface area contributed by atoms with Gasteiger partial charge in [-0.2, -0.15) is 0 Å². The number of carbonyl (C=O) groups is 2. The number of nitrogens with one attached hydrogen (secondary N) is 1. The number of amides is 1. The summed E-state index contributed by atoms with van der Waals surface area (Å²) in [4.78, 5) is 24.0. The number of esters is 1. The van der Waals surface area contributed by atoms with Crippen molar-refractivity contribution >= 4 is 17.6 Å². The van der Waals surface area contributed by atoms with Gasteiger partial charge >= 0.3 is 5.97 Å². The van der Waals surface area contributed by atoms with Gasteiger partial charge in [0.1, 0.15) is 0 Å². The Balaban J connectivity index is 2.16. The first-order valence-electron chi connectivity index (χ1n) is 7.46. The van der Waals surface area contributed by atoms with Crippen molar-refractivity contribution in [1.82, 2.24) is 0 Å². The van der Waals surface area contributed by atoms with E-state index in [0.717, 1.165) is 11.1 Å². The number of aryl methyl sites for hydroxylation is 2. The Morgan fingerprint density at radius 2 is 1.83 bits per heavy atom. The molecule has 2 aromatic carbocycles. The first-order valence-corrected chi connectivity index (χ1v) is 7.46. The van der Waals surface area contributed by atoms with Gasteiger partial charge in [-0.3, -0.25) is 4.79 Å². The molecule has 0 saturated carbocycles. The SMILES string of the molecule is COC(=O)c1cccc(NC(=O)Cc2ccc(C)cc2C)c1C. The summed E-state index contributed by atoms with van der Waals surface area (Å²) < 4.78 is 4.75. The molecule has 0 bridgehead atoms. The van der Waals surface area contributed by atoms with Gasteiger partial charge in [0.05, 0.1) is 19.1 Å². The van der Waals surface area contributed by atoms with E-state index in [4.69, 9.17) is 4.74 Å². The zero-order valence-corrected chi connectivity index (χ0v) is 13.9. The van der Waals surface area contributed by atoms with Crippen molar-refractivity contribution in [3.8, 4) is 0 Å². The summed E-state index contributed by atoms with van der Waals surface area (Å²) in [5, 5.41) is 2.87. The average Bonchev–Trinajstić information content (AvgIpc) is 2.51. The van der Waals surface area contributed by atoms with Crippen LogP contribution >= 0.6 is 0 Å². The summed E-state index contributed by atoms with van der Waals surface area (Å²) in [7, 11) is 1.34. The molecule has 0 heterocycles. The number of benzene rings is 2. The van der Waals surface area contributed by atoms with Crippen LogP contribution in [0.2, 0.25) is 0 Å². The van der Waals surface area contributed by atoms with Gasteiger partial charge in [0.25, 0.3) is 0 Å². The highest BCUT2D eigenvalue weighted by molar-refractivity contribution is 5.97. The lowest BCUT2D eigenvalue weighted by Gasteiger charge is -2.12. The maximum absolute atomic E-state index is 12.3. The molecule has 0 atom stereocenters. The molecule has 1 N–H and O–H groups in total. The topological polar surface area (TPSA) is 55.4 Å². The molecule has 0 unspecified atom stereocenters. The molecule has 0 spiro atoms. The maximum atomic E-state index is 12.3. The van der Waals surface area contributed by atoms with Gasteiger partial charge in [0.2, 0.25) is 5.91 Å². The van der Waals surface area contributed by atoms with Crippen molar-refractivity contribution in [3.63, 3.8) is 0 Å². The molecule has 0 aromatic heterocycles. The number of rotatable bonds is 4. The van der Waals surface area contributed by atoms with E-state index in [2.05, 4.69) is 11.4 Å². The van der Waals surface area contributed by atoms with Gasteiger partial charge < -0.3 is 10.1 Å². The lowest BCUT2D eigenvalue weighted by molar-refractivity contribution is -0.115. The van der Waals surface area contributed by atoms with Crippen molar-refractivity contribution in [3.05, 3.63) is 64.2 Å². The van der Waals surface area contributed by atoms with Crippen LogP contribution in [-0.2, 0) is 16.0 Å². The predicted octanol–water partition coefficient (Wildman–Crippen LogP) is 3.58. The normalized spacial score (nSPS) is 10.3. The van der Waals surface area contributed by atoms with E-state index in [1.807, 2.05) is 26.0 Å². The summed E-state index contributed by atoms with van der Waals surface area (Å²) >= 11 is 0. The van der Waals surface area contributed by atoms with Gasteiger partial charge in [-0.25, -0.2) is 4.79 Å². The number of carbonyl (C=O) groups excluding carboxylic acids is 2. The van der Waals surface area contributed by atoms with E-state index in [9.17, 15) is 9.59 Å². The Bertz CT molecular complexity index is 750. The van der Waals surface area contributed by atoms with Gasteiger partial charge in [-0.15, -0.1) is 0 Å². The number of methoxy groups -OCH3 is 1. The van der Waals surface area contributed by atoms with Crippen molar-refractivity contribution in [2.24, 2.45) is 0 Å². The minimum absolute atomic E-state index is 0.109. The third kappa shape index (κ3) is 3.97. The second-order valence-corrected chi connectivity index (χ2v) is 5.62. The van der Waals surface area contributed by atoms with Gasteiger partial charge in [0.15, 0.2) is 0 Å². The minimum Gasteiger partial charge on any atom is -0.465 e. The Labute approximate surface area is 136 Å². The zero-order chi connectivity index (χ0) is 17.0. The number of ether oxygens (including phenoxy) is 1. The smallest absolute Gasteiger partial charge is 0.338 e. The molecule has 0 aliphatic heterocycles. The summed E-state index contributed by atoms with van der Waals surface area (Å²) in [6.45, 7) is 5.82. The highest BCUT2D eigenvalue weighted by Crippen LogP contribution is 2.20. The number of hydrogen-bond acceptors (Lipinski definition) is 3. The molecule has 0 aliphatic rings. The highest BCUT2D eigenvalue weighted by atomic mass is 16.5. The molecular formula is C19H21NO3. The van der Waals surface area contributed by atoms with Crippen LogP contribution in [0.4, 0.5) is 5.69 Å². The number of hydrogen-bond donors (Lipinski definition) is 1. The molecule has 2 aromatic rings. The van der Waals surface area contributed by atoms with Gasteiger partial charge in [0, 0.05) is 5.69 Å². The predicted molar refractivity (Wildman–Crippen MR) is 90.8 cm³/mol. The molecule has 0 aliphatic carbocycles. The van der Waals surface area contributed by atoms with Crippen molar-refractivity contribution in [2.45, 2.75) is 27.2 Å².